The quantitative estimate of drug-likeness (QED) is 0.482. The maximum Gasteiger partial charge on any atom is 0.332 e. The summed E-state index contributed by atoms with van der Waals surface area (Å²) in [5.74, 6) is 0. The molecule has 122 valence electrons. The minimum Gasteiger partial charge on any atom is -0.316 e. The number of imidazole rings is 1. The minimum atomic E-state index is -0.372. The van der Waals surface area contributed by atoms with E-state index in [0.29, 0.717) is 15.9 Å². The largest absolute Gasteiger partial charge is 0.332 e. The second kappa shape index (κ2) is 5.42. The Balaban J connectivity index is 1.94. The molecule has 0 fully saturated rings. The van der Waals surface area contributed by atoms with Gasteiger partial charge in [0.1, 0.15) is 0 Å². The summed E-state index contributed by atoms with van der Waals surface area (Å²) in [5.41, 5.74) is 0.993. The van der Waals surface area contributed by atoms with Crippen molar-refractivity contribution in [2.45, 2.75) is 6.54 Å². The van der Waals surface area contributed by atoms with Gasteiger partial charge in [-0.15, -0.1) is 11.3 Å². The number of aryl methyl sites for hydroxylation is 2. The van der Waals surface area contributed by atoms with Gasteiger partial charge < -0.3 is 4.57 Å². The first-order valence-corrected chi connectivity index (χ1v) is 8.92. The molecule has 0 saturated heterocycles. The zero-order valence-corrected chi connectivity index (χ0v) is 15.4. The van der Waals surface area contributed by atoms with Crippen molar-refractivity contribution < 1.29 is 0 Å². The number of benzene rings is 1. The van der Waals surface area contributed by atoms with Crippen molar-refractivity contribution in [2.75, 3.05) is 0 Å². The molecule has 3 aromatic heterocycles. The van der Waals surface area contributed by atoms with E-state index in [1.807, 2.05) is 29.6 Å². The fourth-order valence-corrected chi connectivity index (χ4v) is 3.97. The lowest BCUT2D eigenvalue weighted by molar-refractivity contribution is 0.655. The second-order valence-electron chi connectivity index (χ2n) is 5.64. The summed E-state index contributed by atoms with van der Waals surface area (Å²) in [5, 5.41) is 3.14. The smallest absolute Gasteiger partial charge is 0.316 e. The molecular weight excluding hydrogens is 392 g/mol. The SMILES string of the molecule is Cn1c(Br)nc2c1c(=O)n(Cc1ccc3sccc3c1)c(=O)n2C. The molecule has 6 nitrogen and oxygen atoms in total. The van der Waals surface area contributed by atoms with E-state index in [2.05, 4.69) is 20.9 Å². The molecule has 0 spiro atoms. The van der Waals surface area contributed by atoms with Crippen LogP contribution in [0.1, 0.15) is 5.56 Å². The van der Waals surface area contributed by atoms with E-state index < -0.39 is 0 Å². The summed E-state index contributed by atoms with van der Waals surface area (Å²) >= 11 is 4.97. The van der Waals surface area contributed by atoms with Crippen LogP contribution in [0.5, 0.6) is 0 Å². The maximum atomic E-state index is 12.8. The lowest BCUT2D eigenvalue weighted by Crippen LogP contribution is -2.39. The first-order chi connectivity index (χ1) is 11.5. The number of rotatable bonds is 2. The number of hydrogen-bond donors (Lipinski definition) is 0. The molecule has 0 aliphatic carbocycles. The van der Waals surface area contributed by atoms with Crippen LogP contribution in [-0.4, -0.2) is 18.7 Å². The highest BCUT2D eigenvalue weighted by atomic mass is 79.9. The summed E-state index contributed by atoms with van der Waals surface area (Å²) in [6, 6.07) is 8.02. The average Bonchev–Trinajstić information content (AvgIpc) is 3.14. The lowest BCUT2D eigenvalue weighted by Gasteiger charge is -2.09. The predicted octanol–water partition coefficient (Wildman–Crippen LogP) is 2.46. The standard InChI is InChI=1S/C16H13BrN4O2S/c1-19-12-13(18-15(19)17)20(2)16(23)21(14(12)22)8-9-3-4-11-10(7-9)5-6-24-11/h3-7H,8H2,1-2H3. The number of hydrogen-bond acceptors (Lipinski definition) is 4. The summed E-state index contributed by atoms with van der Waals surface area (Å²) in [6.45, 7) is 0.232. The number of thiophene rings is 1. The molecule has 0 aliphatic rings. The Morgan fingerprint density at radius 3 is 2.75 bits per heavy atom. The summed E-state index contributed by atoms with van der Waals surface area (Å²) < 4.78 is 6.01. The van der Waals surface area contributed by atoms with Gasteiger partial charge in [0.05, 0.1) is 6.54 Å². The molecule has 4 rings (SSSR count). The third kappa shape index (κ3) is 2.17. The van der Waals surface area contributed by atoms with Gasteiger partial charge in [0.2, 0.25) is 0 Å². The van der Waals surface area contributed by atoms with Crippen LogP contribution >= 0.6 is 27.3 Å². The molecule has 3 heterocycles. The fraction of sp³-hybridized carbons (Fsp3) is 0.188. The predicted molar refractivity (Wildman–Crippen MR) is 98.8 cm³/mol. The molecule has 0 saturated carbocycles. The van der Waals surface area contributed by atoms with Crippen LogP contribution < -0.4 is 11.2 Å². The summed E-state index contributed by atoms with van der Waals surface area (Å²) in [4.78, 5) is 29.7. The molecule has 24 heavy (non-hydrogen) atoms. The van der Waals surface area contributed by atoms with Crippen molar-refractivity contribution >= 4 is 48.5 Å². The monoisotopic (exact) mass is 404 g/mol. The zero-order chi connectivity index (χ0) is 17.0. The Morgan fingerprint density at radius 1 is 1.17 bits per heavy atom. The molecule has 1 aromatic carbocycles. The average molecular weight is 405 g/mol. The topological polar surface area (TPSA) is 61.8 Å². The summed E-state index contributed by atoms with van der Waals surface area (Å²) in [6.07, 6.45) is 0. The molecule has 0 atom stereocenters. The molecular formula is C16H13BrN4O2S. The molecule has 0 amide bonds. The van der Waals surface area contributed by atoms with Crippen molar-refractivity contribution in [1.29, 1.82) is 0 Å². The Hall–Kier alpha value is -2.19. The molecule has 0 bridgehead atoms. The third-order valence-electron chi connectivity index (χ3n) is 4.16. The minimum absolute atomic E-state index is 0.232. The number of aromatic nitrogens is 4. The van der Waals surface area contributed by atoms with Gasteiger partial charge in [-0.2, -0.15) is 0 Å². The molecule has 4 aromatic rings. The highest BCUT2D eigenvalue weighted by Crippen LogP contribution is 2.22. The van der Waals surface area contributed by atoms with Crippen LogP contribution in [0.2, 0.25) is 0 Å². The first-order valence-electron chi connectivity index (χ1n) is 7.25. The van der Waals surface area contributed by atoms with E-state index in [9.17, 15) is 9.59 Å². The van der Waals surface area contributed by atoms with Crippen LogP contribution in [-0.2, 0) is 20.6 Å². The second-order valence-corrected chi connectivity index (χ2v) is 7.29. The van der Waals surface area contributed by atoms with E-state index >= 15 is 0 Å². The van der Waals surface area contributed by atoms with Crippen LogP contribution in [0, 0.1) is 0 Å². The van der Waals surface area contributed by atoms with Gasteiger partial charge in [0, 0.05) is 18.8 Å². The van der Waals surface area contributed by atoms with Crippen LogP contribution in [0.4, 0.5) is 0 Å². The lowest BCUT2D eigenvalue weighted by atomic mass is 10.1. The third-order valence-corrected chi connectivity index (χ3v) is 5.77. The van der Waals surface area contributed by atoms with E-state index in [0.717, 1.165) is 10.9 Å². The van der Waals surface area contributed by atoms with Gasteiger partial charge in [-0.05, 0) is 50.5 Å². The van der Waals surface area contributed by atoms with Crippen molar-refractivity contribution in [3.8, 4) is 0 Å². The molecule has 0 aliphatic heterocycles. The highest BCUT2D eigenvalue weighted by molar-refractivity contribution is 9.10. The van der Waals surface area contributed by atoms with Gasteiger partial charge >= 0.3 is 5.69 Å². The summed E-state index contributed by atoms with van der Waals surface area (Å²) in [7, 11) is 3.37. The van der Waals surface area contributed by atoms with Crippen LogP contribution in [0.3, 0.4) is 0 Å². The Kier molecular flexibility index (Phi) is 3.47. The Bertz CT molecular complexity index is 1210. The molecule has 8 heteroatoms. The normalized spacial score (nSPS) is 11.6. The van der Waals surface area contributed by atoms with Crippen molar-refractivity contribution in [1.82, 2.24) is 18.7 Å². The van der Waals surface area contributed by atoms with Gasteiger partial charge in [0.15, 0.2) is 15.9 Å². The van der Waals surface area contributed by atoms with Crippen LogP contribution in [0.15, 0.2) is 44.0 Å². The van der Waals surface area contributed by atoms with Gasteiger partial charge in [0.25, 0.3) is 5.56 Å². The van der Waals surface area contributed by atoms with E-state index in [1.165, 1.54) is 13.8 Å². The number of fused-ring (bicyclic) bond motifs is 2. The highest BCUT2D eigenvalue weighted by Gasteiger charge is 2.17. The number of nitrogens with zero attached hydrogens (tertiary/aromatic N) is 4. The molecule has 0 radical (unpaired) electrons. The fourth-order valence-electron chi connectivity index (χ4n) is 2.85. The number of halogens is 1. The van der Waals surface area contributed by atoms with Crippen molar-refractivity contribution in [2.24, 2.45) is 14.1 Å². The molecule has 0 unspecified atom stereocenters. The van der Waals surface area contributed by atoms with Gasteiger partial charge in [-0.25, -0.2) is 9.78 Å². The van der Waals surface area contributed by atoms with Crippen LogP contribution in [0.25, 0.3) is 21.3 Å². The van der Waals surface area contributed by atoms with Gasteiger partial charge in [-0.1, -0.05) is 6.07 Å². The van der Waals surface area contributed by atoms with E-state index in [4.69, 9.17) is 0 Å². The van der Waals surface area contributed by atoms with E-state index in [1.54, 1.807) is 30.0 Å². The zero-order valence-electron chi connectivity index (χ0n) is 13.0. The first kappa shape index (κ1) is 15.3. The van der Waals surface area contributed by atoms with Gasteiger partial charge in [-0.3, -0.25) is 13.9 Å². The Morgan fingerprint density at radius 2 is 1.96 bits per heavy atom. The van der Waals surface area contributed by atoms with Crippen molar-refractivity contribution in [3.05, 3.63) is 60.8 Å². The molecule has 0 N–H and O–H groups in total. The maximum absolute atomic E-state index is 12.8. The van der Waals surface area contributed by atoms with Crippen molar-refractivity contribution in [3.63, 3.8) is 0 Å². The Labute approximate surface area is 148 Å². The van der Waals surface area contributed by atoms with E-state index in [-0.39, 0.29) is 17.8 Å².